The molecule has 12 heavy (non-hydrogen) atoms. The Morgan fingerprint density at radius 2 is 2.67 bits per heavy atom. The summed E-state index contributed by atoms with van der Waals surface area (Å²) in [5.74, 6) is 0. The van der Waals surface area contributed by atoms with Crippen molar-refractivity contribution in [2.75, 3.05) is 0 Å². The third-order valence-corrected chi connectivity index (χ3v) is 2.46. The summed E-state index contributed by atoms with van der Waals surface area (Å²) in [6.07, 6.45) is 3.50. The van der Waals surface area contributed by atoms with Crippen LogP contribution >= 0.6 is 11.3 Å². The summed E-state index contributed by atoms with van der Waals surface area (Å²) in [5, 5.41) is 5.45. The Bertz CT molecular complexity index is 435. The van der Waals surface area contributed by atoms with E-state index in [1.807, 2.05) is 9.78 Å². The molecule has 0 aromatic carbocycles. The molecule has 2 aromatic heterocycles. The van der Waals surface area contributed by atoms with Crippen LogP contribution < -0.4 is 0 Å². The molecule has 0 amide bonds. The molecule has 0 aliphatic heterocycles. The van der Waals surface area contributed by atoms with Crippen LogP contribution in [-0.2, 0) is 6.54 Å². The third-order valence-electron chi connectivity index (χ3n) is 1.53. The fourth-order valence-electron chi connectivity index (χ4n) is 0.988. The van der Waals surface area contributed by atoms with Gasteiger partial charge in [0.1, 0.15) is 11.2 Å². The predicted molar refractivity (Wildman–Crippen MR) is 45.9 cm³/mol. The van der Waals surface area contributed by atoms with Gasteiger partial charge in [0.25, 0.3) is 0 Å². The van der Waals surface area contributed by atoms with Gasteiger partial charge in [0.2, 0.25) is 0 Å². The number of nitrogens with zero attached hydrogens (tertiary/aromatic N) is 5. The van der Waals surface area contributed by atoms with Gasteiger partial charge in [0.15, 0.2) is 0 Å². The minimum atomic E-state index is 0.382. The first-order chi connectivity index (χ1) is 5.92. The van der Waals surface area contributed by atoms with Crippen molar-refractivity contribution in [1.82, 2.24) is 9.38 Å². The Morgan fingerprint density at radius 3 is 3.50 bits per heavy atom. The van der Waals surface area contributed by atoms with Gasteiger partial charge >= 0.3 is 0 Å². The molecule has 60 valence electrons. The molecule has 0 spiro atoms. The van der Waals surface area contributed by atoms with Crippen LogP contribution in [-0.4, -0.2) is 9.38 Å². The van der Waals surface area contributed by atoms with Gasteiger partial charge in [0.05, 0.1) is 12.7 Å². The van der Waals surface area contributed by atoms with E-state index in [0.29, 0.717) is 6.54 Å². The van der Waals surface area contributed by atoms with Crippen LogP contribution in [0.1, 0.15) is 5.69 Å². The summed E-state index contributed by atoms with van der Waals surface area (Å²) in [4.78, 5) is 7.73. The van der Waals surface area contributed by atoms with Crippen molar-refractivity contribution >= 4 is 16.2 Å². The van der Waals surface area contributed by atoms with Gasteiger partial charge in [-0.15, -0.1) is 11.3 Å². The third kappa shape index (κ3) is 1.03. The van der Waals surface area contributed by atoms with Crippen LogP contribution in [0.3, 0.4) is 0 Å². The molecule has 2 heterocycles. The quantitative estimate of drug-likeness (QED) is 0.396. The lowest BCUT2D eigenvalue weighted by Gasteiger charge is -1.89. The van der Waals surface area contributed by atoms with Crippen LogP contribution in [0.5, 0.6) is 0 Å². The molecule has 0 aliphatic carbocycles. The molecule has 0 atom stereocenters. The SMILES string of the molecule is [N-]=[N+]=NCc1csc2cncn12. The number of fused-ring (bicyclic) bond motifs is 1. The zero-order valence-electron chi connectivity index (χ0n) is 6.08. The van der Waals surface area contributed by atoms with Gasteiger partial charge in [-0.2, -0.15) is 0 Å². The van der Waals surface area contributed by atoms with Crippen LogP contribution in [0, 0.1) is 0 Å². The largest absolute Gasteiger partial charge is 0.294 e. The second-order valence-electron chi connectivity index (χ2n) is 2.22. The highest BCUT2D eigenvalue weighted by molar-refractivity contribution is 7.15. The fourth-order valence-corrected chi connectivity index (χ4v) is 1.83. The molecular weight excluding hydrogens is 174 g/mol. The fraction of sp³-hybridized carbons (Fsp3) is 0.167. The topological polar surface area (TPSA) is 66.1 Å². The number of azide groups is 1. The molecule has 0 N–H and O–H groups in total. The molecule has 5 nitrogen and oxygen atoms in total. The predicted octanol–water partition coefficient (Wildman–Crippen LogP) is 2.21. The van der Waals surface area contributed by atoms with Crippen molar-refractivity contribution in [3.63, 3.8) is 0 Å². The van der Waals surface area contributed by atoms with Crippen LogP contribution in [0.4, 0.5) is 0 Å². The maximum atomic E-state index is 8.12. The van der Waals surface area contributed by atoms with Gasteiger partial charge < -0.3 is 0 Å². The van der Waals surface area contributed by atoms with Gasteiger partial charge in [-0.1, -0.05) is 5.11 Å². The first-order valence-corrected chi connectivity index (χ1v) is 4.19. The van der Waals surface area contributed by atoms with Crippen LogP contribution in [0.25, 0.3) is 15.3 Å². The van der Waals surface area contributed by atoms with Crippen molar-refractivity contribution in [1.29, 1.82) is 0 Å². The van der Waals surface area contributed by atoms with E-state index in [1.54, 1.807) is 23.9 Å². The number of rotatable bonds is 2. The Labute approximate surface area is 71.9 Å². The smallest absolute Gasteiger partial charge is 0.119 e. The summed E-state index contributed by atoms with van der Waals surface area (Å²) < 4.78 is 1.92. The summed E-state index contributed by atoms with van der Waals surface area (Å²) in [7, 11) is 0. The van der Waals surface area contributed by atoms with E-state index in [0.717, 1.165) is 10.5 Å². The summed E-state index contributed by atoms with van der Waals surface area (Å²) in [6, 6.07) is 0. The maximum Gasteiger partial charge on any atom is 0.119 e. The standard InChI is InChI=1S/C6H5N5S/c7-10-9-1-5-3-12-6-2-8-4-11(5)6/h2-4H,1H2. The van der Waals surface area contributed by atoms with Crippen LogP contribution in [0.2, 0.25) is 0 Å². The summed E-state index contributed by atoms with van der Waals surface area (Å²) in [6.45, 7) is 0.382. The van der Waals surface area contributed by atoms with Crippen LogP contribution in [0.15, 0.2) is 23.0 Å². The number of imidazole rings is 1. The zero-order valence-corrected chi connectivity index (χ0v) is 6.90. The van der Waals surface area contributed by atoms with E-state index in [4.69, 9.17) is 5.53 Å². The molecular formula is C6H5N5S. The monoisotopic (exact) mass is 179 g/mol. The van der Waals surface area contributed by atoms with E-state index in [1.165, 1.54) is 0 Å². The molecule has 0 radical (unpaired) electrons. The molecule has 0 bridgehead atoms. The highest BCUT2D eigenvalue weighted by Crippen LogP contribution is 2.15. The molecule has 2 aromatic rings. The van der Waals surface area contributed by atoms with Crippen molar-refractivity contribution < 1.29 is 0 Å². The first kappa shape index (κ1) is 7.15. The number of aromatic nitrogens is 2. The summed E-state index contributed by atoms with van der Waals surface area (Å²) in [5.41, 5.74) is 9.10. The van der Waals surface area contributed by atoms with Crippen molar-refractivity contribution in [3.05, 3.63) is 34.0 Å². The molecule has 0 unspecified atom stereocenters. The Kier molecular flexibility index (Phi) is 1.69. The molecule has 2 rings (SSSR count). The number of hydrogen-bond acceptors (Lipinski definition) is 3. The van der Waals surface area contributed by atoms with E-state index in [9.17, 15) is 0 Å². The van der Waals surface area contributed by atoms with Gasteiger partial charge in [-0.05, 0) is 5.53 Å². The van der Waals surface area contributed by atoms with Gasteiger partial charge in [-0.25, -0.2) is 4.98 Å². The van der Waals surface area contributed by atoms with Gasteiger partial charge in [0, 0.05) is 16.0 Å². The lowest BCUT2D eigenvalue weighted by atomic mass is 10.5. The molecule has 0 fully saturated rings. The van der Waals surface area contributed by atoms with Crippen molar-refractivity contribution in [3.8, 4) is 0 Å². The minimum Gasteiger partial charge on any atom is -0.294 e. The lowest BCUT2D eigenvalue weighted by molar-refractivity contribution is 0.946. The lowest BCUT2D eigenvalue weighted by Crippen LogP contribution is -1.85. The first-order valence-electron chi connectivity index (χ1n) is 3.31. The number of thiazole rings is 1. The molecule has 0 saturated carbocycles. The summed E-state index contributed by atoms with van der Waals surface area (Å²) >= 11 is 1.59. The maximum absolute atomic E-state index is 8.12. The molecule has 0 saturated heterocycles. The highest BCUT2D eigenvalue weighted by Gasteiger charge is 2.00. The van der Waals surface area contributed by atoms with E-state index >= 15 is 0 Å². The number of hydrogen-bond donors (Lipinski definition) is 0. The average Bonchev–Trinajstić information content (AvgIpc) is 2.62. The van der Waals surface area contributed by atoms with E-state index < -0.39 is 0 Å². The second-order valence-corrected chi connectivity index (χ2v) is 3.11. The Balaban J connectivity index is 2.46. The molecule has 6 heteroatoms. The van der Waals surface area contributed by atoms with E-state index in [-0.39, 0.29) is 0 Å². The highest BCUT2D eigenvalue weighted by atomic mass is 32.1. The Morgan fingerprint density at radius 1 is 1.75 bits per heavy atom. The zero-order chi connectivity index (χ0) is 8.39. The van der Waals surface area contributed by atoms with Gasteiger partial charge in [-0.3, -0.25) is 4.40 Å². The molecule has 0 aliphatic rings. The van der Waals surface area contributed by atoms with E-state index in [2.05, 4.69) is 15.0 Å². The average molecular weight is 179 g/mol. The van der Waals surface area contributed by atoms with Crippen molar-refractivity contribution in [2.45, 2.75) is 6.54 Å². The van der Waals surface area contributed by atoms with Crippen molar-refractivity contribution in [2.24, 2.45) is 5.11 Å². The Hall–Kier alpha value is -1.52. The minimum absolute atomic E-state index is 0.382. The normalized spacial score (nSPS) is 10.0. The second kappa shape index (κ2) is 2.84.